The maximum atomic E-state index is 13.1. The minimum atomic E-state index is -1.22. The highest BCUT2D eigenvalue weighted by Gasteiger charge is 2.27. The van der Waals surface area contributed by atoms with Gasteiger partial charge in [-0.05, 0) is 107 Å². The molecule has 0 fully saturated rings. The number of carboxylic acid groups (broad SMARTS) is 1. The number of aromatic hydroxyl groups is 2. The normalized spacial score (nSPS) is 12.3. The van der Waals surface area contributed by atoms with Crippen LogP contribution < -0.4 is 16.0 Å². The van der Waals surface area contributed by atoms with E-state index in [1.807, 2.05) is 23.7 Å². The summed E-state index contributed by atoms with van der Waals surface area (Å²) in [6, 6.07) is 13.7. The molecular weight excluding hydrogens is 741 g/mol. The number of carbonyl (C=O) groups excluding carboxylic acids is 3. The summed E-state index contributed by atoms with van der Waals surface area (Å²) >= 11 is 12.2. The fourth-order valence-corrected chi connectivity index (χ4v) is 5.16. The molecule has 6 N–H and O–H groups in total. The smallest absolute Gasteiger partial charge is 0.408 e. The first-order chi connectivity index (χ1) is 25.1. The second-order valence-corrected chi connectivity index (χ2v) is 15.0. The molecule has 16 heteroatoms. The van der Waals surface area contributed by atoms with E-state index in [4.69, 9.17) is 37.8 Å². The molecule has 0 bridgehead atoms. The number of amides is 3. The molecule has 0 radical (unpaired) electrons. The number of phenolic OH excluding ortho intramolecular Hbond substituents is 2. The van der Waals surface area contributed by atoms with Crippen LogP contribution in [0.5, 0.6) is 11.5 Å². The Bertz CT molecular complexity index is 1940. The van der Waals surface area contributed by atoms with Crippen LogP contribution in [0.1, 0.15) is 52.7 Å². The Hall–Kier alpha value is -5.47. The molecule has 290 valence electrons. The maximum absolute atomic E-state index is 13.1. The fraction of sp³-hybridized carbons (Fsp3) is 0.342. The molecule has 1 heterocycles. The Morgan fingerprint density at radius 3 is 1.65 bits per heavy atom. The molecule has 4 aromatic rings. The van der Waals surface area contributed by atoms with Crippen LogP contribution in [0.2, 0.25) is 10.0 Å². The number of aromatic nitrogens is 2. The number of carboxylic acids is 1. The van der Waals surface area contributed by atoms with Gasteiger partial charge in [0.15, 0.2) is 0 Å². The van der Waals surface area contributed by atoms with Gasteiger partial charge in [-0.2, -0.15) is 0 Å². The van der Waals surface area contributed by atoms with Crippen LogP contribution in [0.4, 0.5) is 15.3 Å². The van der Waals surface area contributed by atoms with E-state index in [9.17, 15) is 29.4 Å². The highest BCUT2D eigenvalue weighted by Crippen LogP contribution is 2.25. The number of anilines is 1. The number of carbonyl (C=O) groups is 4. The molecule has 0 aliphatic heterocycles. The largest absolute Gasteiger partial charge is 0.508 e. The summed E-state index contributed by atoms with van der Waals surface area (Å²) in [5.41, 5.74) is 1.92. The van der Waals surface area contributed by atoms with Crippen molar-refractivity contribution in [2.24, 2.45) is 7.05 Å². The average Bonchev–Trinajstić information content (AvgIpc) is 3.48. The van der Waals surface area contributed by atoms with Crippen molar-refractivity contribution in [2.45, 2.75) is 77.7 Å². The first-order valence-corrected chi connectivity index (χ1v) is 17.4. The van der Waals surface area contributed by atoms with E-state index >= 15 is 0 Å². The predicted octanol–water partition coefficient (Wildman–Crippen LogP) is 7.09. The number of rotatable bonds is 10. The lowest BCUT2D eigenvalue weighted by Crippen LogP contribution is -2.47. The van der Waals surface area contributed by atoms with Gasteiger partial charge in [-0.15, -0.1) is 0 Å². The second kappa shape index (κ2) is 18.5. The van der Waals surface area contributed by atoms with Crippen LogP contribution in [0.3, 0.4) is 0 Å². The number of nitrogens with zero attached hydrogens (tertiary/aromatic N) is 2. The van der Waals surface area contributed by atoms with E-state index in [0.29, 0.717) is 26.9 Å². The molecule has 3 amide bonds. The van der Waals surface area contributed by atoms with Crippen LogP contribution in [-0.4, -0.2) is 72.2 Å². The van der Waals surface area contributed by atoms with E-state index < -0.39 is 47.3 Å². The number of hydrogen-bond donors (Lipinski definition) is 6. The maximum Gasteiger partial charge on any atom is 0.408 e. The number of aryl methyl sites for hydroxylation is 1. The van der Waals surface area contributed by atoms with E-state index in [1.54, 1.807) is 66.2 Å². The molecule has 0 saturated carbocycles. The molecule has 3 aromatic carbocycles. The predicted molar refractivity (Wildman–Crippen MR) is 205 cm³/mol. The van der Waals surface area contributed by atoms with Gasteiger partial charge in [0.25, 0.3) is 0 Å². The van der Waals surface area contributed by atoms with Crippen LogP contribution in [0.25, 0.3) is 11.3 Å². The van der Waals surface area contributed by atoms with Crippen molar-refractivity contribution in [2.75, 3.05) is 5.32 Å². The van der Waals surface area contributed by atoms with Crippen molar-refractivity contribution in [3.05, 3.63) is 94.4 Å². The molecule has 0 spiro atoms. The Morgan fingerprint density at radius 1 is 0.759 bits per heavy atom. The zero-order chi connectivity index (χ0) is 40.4. The molecule has 0 aliphatic carbocycles. The van der Waals surface area contributed by atoms with Gasteiger partial charge >= 0.3 is 18.2 Å². The molecule has 54 heavy (non-hydrogen) atoms. The van der Waals surface area contributed by atoms with Gasteiger partial charge in [0, 0.05) is 35.6 Å². The van der Waals surface area contributed by atoms with Crippen molar-refractivity contribution in [1.82, 2.24) is 20.2 Å². The van der Waals surface area contributed by atoms with Crippen LogP contribution in [0, 0.1) is 0 Å². The summed E-state index contributed by atoms with van der Waals surface area (Å²) in [6.07, 6.45) is 1.90. The highest BCUT2D eigenvalue weighted by molar-refractivity contribution is 6.31. The van der Waals surface area contributed by atoms with E-state index in [2.05, 4.69) is 20.9 Å². The molecule has 4 rings (SSSR count). The molecule has 1 aromatic heterocycles. The summed E-state index contributed by atoms with van der Waals surface area (Å²) in [5, 5.41) is 36.7. The SMILES string of the molecule is CC(C)(C)OC(=O)N[C@@H](Cc1cc(O)ccc1Cl)C(=O)O.Cn1cncc1-c1ccc(NC(=O)[C@H](Cc2cc(O)ccc2Cl)NC(=O)OC(C)(C)C)cc1. The number of hydrogen-bond acceptors (Lipinski definition) is 9. The van der Waals surface area contributed by atoms with Gasteiger partial charge in [-0.25, -0.2) is 19.4 Å². The zero-order valence-electron chi connectivity index (χ0n) is 30.9. The number of halogens is 2. The van der Waals surface area contributed by atoms with Gasteiger partial charge < -0.3 is 45.3 Å². The topological polar surface area (TPSA) is 201 Å². The van der Waals surface area contributed by atoms with E-state index in [-0.39, 0.29) is 24.3 Å². The average molecular weight is 787 g/mol. The quantitative estimate of drug-likeness (QED) is 0.0964. The van der Waals surface area contributed by atoms with Crippen LogP contribution >= 0.6 is 23.2 Å². The number of alkyl carbamates (subject to hydrolysis) is 2. The molecule has 2 atom stereocenters. The Morgan fingerprint density at radius 2 is 1.22 bits per heavy atom. The molecule has 14 nitrogen and oxygen atoms in total. The van der Waals surface area contributed by atoms with Gasteiger partial charge in [-0.1, -0.05) is 35.3 Å². The van der Waals surface area contributed by atoms with Gasteiger partial charge in [0.2, 0.25) is 5.91 Å². The monoisotopic (exact) mass is 785 g/mol. The third-order valence-electron chi connectivity index (χ3n) is 7.17. The van der Waals surface area contributed by atoms with Crippen molar-refractivity contribution >= 4 is 53.0 Å². The van der Waals surface area contributed by atoms with E-state index in [1.165, 1.54) is 36.4 Å². The Kier molecular flexibility index (Phi) is 14.7. The van der Waals surface area contributed by atoms with Crippen LogP contribution in [-0.2, 0) is 39.0 Å². The lowest BCUT2D eigenvalue weighted by atomic mass is 10.0. The summed E-state index contributed by atoms with van der Waals surface area (Å²) in [7, 11) is 1.90. The third-order valence-corrected chi connectivity index (χ3v) is 7.91. The Labute approximate surface area is 323 Å². The molecule has 0 aliphatic rings. The standard InChI is InChI=1S/C24H27ClN4O4.C14H18ClNO5/c1-24(2,3)33-23(32)28-20(12-16-11-18(30)9-10-19(16)25)22(31)27-17-7-5-15(6-8-17)21-13-26-14-29(21)4;1-14(2,3)21-13(20)16-11(12(18)19)7-8-6-9(17)4-5-10(8)15/h5-11,13-14,20,30H,12H2,1-4H3,(H,27,31)(H,28,32);4-6,11,17H,7H2,1-3H3,(H,16,20)(H,18,19)/t20-;11-/m00/s1. The number of imidazole rings is 1. The number of ether oxygens (including phenoxy) is 2. The molecule has 0 unspecified atom stereocenters. The minimum Gasteiger partial charge on any atom is -0.508 e. The van der Waals surface area contributed by atoms with Crippen molar-refractivity contribution in [3.63, 3.8) is 0 Å². The first kappa shape index (κ1) is 42.9. The van der Waals surface area contributed by atoms with Crippen molar-refractivity contribution < 1.29 is 44.0 Å². The lowest BCUT2D eigenvalue weighted by molar-refractivity contribution is -0.139. The summed E-state index contributed by atoms with van der Waals surface area (Å²) in [6.45, 7) is 10.2. The van der Waals surface area contributed by atoms with Crippen LogP contribution in [0.15, 0.2) is 73.2 Å². The zero-order valence-corrected chi connectivity index (χ0v) is 32.5. The summed E-state index contributed by atoms with van der Waals surface area (Å²) in [5.74, 6) is -1.69. The third kappa shape index (κ3) is 14.2. The molecular formula is C38H45Cl2N5O9. The minimum absolute atomic E-state index is 0.0107. The van der Waals surface area contributed by atoms with Gasteiger partial charge in [0.1, 0.15) is 34.8 Å². The number of benzene rings is 3. The summed E-state index contributed by atoms with van der Waals surface area (Å²) in [4.78, 5) is 52.4. The Balaban J connectivity index is 0.000000322. The van der Waals surface area contributed by atoms with Gasteiger partial charge in [-0.3, -0.25) is 4.79 Å². The number of aliphatic carboxylic acids is 1. The highest BCUT2D eigenvalue weighted by atomic mass is 35.5. The van der Waals surface area contributed by atoms with E-state index in [0.717, 1.165) is 11.3 Å². The number of nitrogens with one attached hydrogen (secondary N) is 3. The summed E-state index contributed by atoms with van der Waals surface area (Å²) < 4.78 is 12.2. The van der Waals surface area contributed by atoms with Crippen molar-refractivity contribution in [1.29, 1.82) is 0 Å². The first-order valence-electron chi connectivity index (χ1n) is 16.6. The van der Waals surface area contributed by atoms with Gasteiger partial charge in [0.05, 0.1) is 18.2 Å². The lowest BCUT2D eigenvalue weighted by Gasteiger charge is -2.23. The molecule has 0 saturated heterocycles. The number of phenols is 2. The van der Waals surface area contributed by atoms with Crippen molar-refractivity contribution in [3.8, 4) is 22.8 Å². The second-order valence-electron chi connectivity index (χ2n) is 14.2. The fourth-order valence-electron chi connectivity index (χ4n) is 4.77.